The molecule has 2 aliphatic heterocycles. The van der Waals surface area contributed by atoms with E-state index in [1.165, 1.54) is 5.56 Å². The summed E-state index contributed by atoms with van der Waals surface area (Å²) in [5, 5.41) is 8.35. The number of benzene rings is 2. The zero-order valence-corrected chi connectivity index (χ0v) is 20.4. The van der Waals surface area contributed by atoms with Gasteiger partial charge in [0.1, 0.15) is 18.1 Å². The third-order valence-corrected chi connectivity index (χ3v) is 7.05. The molecule has 6 rings (SSSR count). The second kappa shape index (κ2) is 9.35. The zero-order chi connectivity index (χ0) is 24.6. The van der Waals surface area contributed by atoms with Crippen LogP contribution in [0.25, 0.3) is 22.0 Å². The van der Waals surface area contributed by atoms with Crippen LogP contribution in [0.5, 0.6) is 11.6 Å². The molecule has 7 nitrogen and oxygen atoms in total. The van der Waals surface area contributed by atoms with Crippen LogP contribution in [0.3, 0.4) is 0 Å². The van der Waals surface area contributed by atoms with Gasteiger partial charge in [-0.1, -0.05) is 23.8 Å². The summed E-state index contributed by atoms with van der Waals surface area (Å²) < 4.78 is 25.0. The largest absolute Gasteiger partial charge is 0.479 e. The SMILES string of the molecule is CC1=C(c2cccc3[nH]ncc23)C(c2cnc(OCCN3CC(CF)C3)cn2)Oc2ccc(C)cc21. The predicted molar refractivity (Wildman–Crippen MR) is 137 cm³/mol. The fourth-order valence-electron chi connectivity index (χ4n) is 5.09. The van der Waals surface area contributed by atoms with E-state index in [-0.39, 0.29) is 12.6 Å². The molecule has 1 atom stereocenters. The van der Waals surface area contributed by atoms with Crippen LogP contribution in [-0.2, 0) is 0 Å². The van der Waals surface area contributed by atoms with E-state index >= 15 is 0 Å². The molecule has 1 saturated heterocycles. The highest BCUT2D eigenvalue weighted by molar-refractivity contribution is 6.02. The molecule has 4 heterocycles. The number of allylic oxidation sites excluding steroid dienone is 1. The van der Waals surface area contributed by atoms with E-state index in [1.807, 2.05) is 24.4 Å². The topological polar surface area (TPSA) is 76.2 Å². The van der Waals surface area contributed by atoms with Gasteiger partial charge in [0, 0.05) is 42.1 Å². The first-order chi connectivity index (χ1) is 17.6. The molecule has 0 aliphatic carbocycles. The number of hydrogen-bond donors (Lipinski definition) is 1. The number of aryl methyl sites for hydroxylation is 1. The van der Waals surface area contributed by atoms with Gasteiger partial charge in [0.15, 0.2) is 6.10 Å². The van der Waals surface area contributed by atoms with Gasteiger partial charge in [-0.3, -0.25) is 14.4 Å². The highest BCUT2D eigenvalue weighted by Crippen LogP contribution is 2.47. The van der Waals surface area contributed by atoms with E-state index in [1.54, 1.807) is 12.4 Å². The van der Waals surface area contributed by atoms with Crippen molar-refractivity contribution in [3.63, 3.8) is 0 Å². The molecule has 0 saturated carbocycles. The van der Waals surface area contributed by atoms with Gasteiger partial charge in [0.2, 0.25) is 5.88 Å². The van der Waals surface area contributed by atoms with Crippen molar-refractivity contribution < 1.29 is 13.9 Å². The molecule has 4 aromatic rings. The molecule has 1 unspecified atom stereocenters. The number of H-pyrrole nitrogens is 1. The Morgan fingerprint density at radius 1 is 1.08 bits per heavy atom. The molecule has 0 amide bonds. The van der Waals surface area contributed by atoms with E-state index in [0.29, 0.717) is 18.2 Å². The van der Waals surface area contributed by atoms with Gasteiger partial charge in [-0.05, 0) is 43.2 Å². The van der Waals surface area contributed by atoms with E-state index in [0.717, 1.165) is 58.6 Å². The van der Waals surface area contributed by atoms with Crippen LogP contribution in [0, 0.1) is 12.8 Å². The highest BCUT2D eigenvalue weighted by atomic mass is 19.1. The Hall–Kier alpha value is -3.78. The third-order valence-electron chi connectivity index (χ3n) is 7.05. The molecule has 184 valence electrons. The Labute approximate surface area is 209 Å². The summed E-state index contributed by atoms with van der Waals surface area (Å²) in [4.78, 5) is 11.4. The number of aromatic amines is 1. The zero-order valence-electron chi connectivity index (χ0n) is 20.4. The monoisotopic (exact) mass is 485 g/mol. The maximum absolute atomic E-state index is 12.6. The van der Waals surface area contributed by atoms with Gasteiger partial charge in [-0.2, -0.15) is 5.10 Å². The van der Waals surface area contributed by atoms with E-state index in [9.17, 15) is 4.39 Å². The average Bonchev–Trinajstić information content (AvgIpc) is 3.35. The normalized spacial score (nSPS) is 18.1. The van der Waals surface area contributed by atoms with Crippen LogP contribution < -0.4 is 9.47 Å². The molecule has 2 aromatic carbocycles. The van der Waals surface area contributed by atoms with Crippen LogP contribution in [0.15, 0.2) is 55.0 Å². The quantitative estimate of drug-likeness (QED) is 0.397. The maximum atomic E-state index is 12.6. The first-order valence-corrected chi connectivity index (χ1v) is 12.2. The van der Waals surface area contributed by atoms with Crippen LogP contribution in [0.1, 0.15) is 35.4 Å². The fourth-order valence-corrected chi connectivity index (χ4v) is 5.09. The molecule has 1 N–H and O–H groups in total. The van der Waals surface area contributed by atoms with Crippen molar-refractivity contribution in [1.29, 1.82) is 0 Å². The summed E-state index contributed by atoms with van der Waals surface area (Å²) in [6.07, 6.45) is 4.80. The Kier molecular flexibility index (Phi) is 5.89. The van der Waals surface area contributed by atoms with Crippen molar-refractivity contribution >= 4 is 22.0 Å². The van der Waals surface area contributed by atoms with Crippen LogP contribution in [0.2, 0.25) is 0 Å². The van der Waals surface area contributed by atoms with E-state index < -0.39 is 6.10 Å². The lowest BCUT2D eigenvalue weighted by molar-refractivity contribution is 0.0661. The highest BCUT2D eigenvalue weighted by Gasteiger charge is 2.32. The second-order valence-corrected chi connectivity index (χ2v) is 9.58. The van der Waals surface area contributed by atoms with Crippen molar-refractivity contribution in [3.8, 4) is 11.6 Å². The lowest BCUT2D eigenvalue weighted by Crippen LogP contribution is -2.49. The third kappa shape index (κ3) is 4.11. The number of hydrogen-bond acceptors (Lipinski definition) is 6. The minimum absolute atomic E-state index is 0.173. The summed E-state index contributed by atoms with van der Waals surface area (Å²) in [6, 6.07) is 12.4. The number of likely N-dealkylation sites (tertiary alicyclic amines) is 1. The lowest BCUT2D eigenvalue weighted by atomic mass is 9.86. The van der Waals surface area contributed by atoms with Crippen LogP contribution >= 0.6 is 0 Å². The average molecular weight is 486 g/mol. The summed E-state index contributed by atoms with van der Waals surface area (Å²) in [7, 11) is 0. The molecule has 2 aliphatic rings. The predicted octanol–water partition coefficient (Wildman–Crippen LogP) is 5.01. The van der Waals surface area contributed by atoms with Gasteiger partial charge in [-0.25, -0.2) is 9.97 Å². The van der Waals surface area contributed by atoms with Crippen molar-refractivity contribution in [2.24, 2.45) is 5.92 Å². The van der Waals surface area contributed by atoms with Crippen LogP contribution in [-0.4, -0.2) is 58.0 Å². The molecule has 8 heteroatoms. The number of alkyl halides is 1. The van der Waals surface area contributed by atoms with Gasteiger partial charge in [-0.15, -0.1) is 0 Å². The smallest absolute Gasteiger partial charge is 0.232 e. The maximum Gasteiger partial charge on any atom is 0.232 e. The van der Waals surface area contributed by atoms with Crippen molar-refractivity contribution in [3.05, 3.63) is 77.4 Å². The number of fused-ring (bicyclic) bond motifs is 2. The van der Waals surface area contributed by atoms with Gasteiger partial charge in [0.25, 0.3) is 0 Å². The fraction of sp³-hybridized carbons (Fsp3) is 0.321. The molecule has 36 heavy (non-hydrogen) atoms. The minimum atomic E-state index is -0.430. The molecule has 0 radical (unpaired) electrons. The number of nitrogens with zero attached hydrogens (tertiary/aromatic N) is 4. The molecular weight excluding hydrogens is 457 g/mol. The lowest BCUT2D eigenvalue weighted by Gasteiger charge is -2.37. The molecule has 0 spiro atoms. The Morgan fingerprint density at radius 2 is 1.97 bits per heavy atom. The Balaban J connectivity index is 1.30. The number of halogens is 1. The Morgan fingerprint density at radius 3 is 2.78 bits per heavy atom. The summed E-state index contributed by atoms with van der Waals surface area (Å²) in [5.74, 6) is 1.47. The molecule has 2 aromatic heterocycles. The molecular formula is C28H28FN5O2. The number of aromatic nitrogens is 4. The molecule has 1 fully saturated rings. The van der Waals surface area contributed by atoms with Crippen molar-refractivity contribution in [1.82, 2.24) is 25.1 Å². The minimum Gasteiger partial charge on any atom is -0.479 e. The van der Waals surface area contributed by atoms with Gasteiger partial charge >= 0.3 is 0 Å². The number of nitrogens with one attached hydrogen (secondary N) is 1. The number of rotatable bonds is 7. The van der Waals surface area contributed by atoms with Gasteiger partial charge in [0.05, 0.1) is 30.8 Å². The van der Waals surface area contributed by atoms with E-state index in [4.69, 9.17) is 14.5 Å². The van der Waals surface area contributed by atoms with Gasteiger partial charge < -0.3 is 9.47 Å². The molecule has 0 bridgehead atoms. The number of ether oxygens (including phenoxy) is 2. The van der Waals surface area contributed by atoms with Crippen molar-refractivity contribution in [2.45, 2.75) is 20.0 Å². The second-order valence-electron chi connectivity index (χ2n) is 9.58. The standard InChI is InChI=1S/C28H28FN5O2/c1-17-6-7-25-21(10-17)18(2)27(20-4-3-5-23-22(20)12-32-33-23)28(36-25)24-13-31-26(14-30-24)35-9-8-34-15-19(11-29)16-34/h3-7,10,12-14,19,28H,8-9,11,15-16H2,1-2H3,(H,32,33). The van der Waals surface area contributed by atoms with Crippen LogP contribution in [0.4, 0.5) is 4.39 Å². The summed E-state index contributed by atoms with van der Waals surface area (Å²) in [6.45, 7) is 6.81. The summed E-state index contributed by atoms with van der Waals surface area (Å²) in [5.41, 5.74) is 7.17. The first-order valence-electron chi connectivity index (χ1n) is 12.2. The van der Waals surface area contributed by atoms with E-state index in [2.05, 4.69) is 52.1 Å². The Bertz CT molecular complexity index is 1430. The van der Waals surface area contributed by atoms with Crippen molar-refractivity contribution in [2.75, 3.05) is 32.9 Å². The summed E-state index contributed by atoms with van der Waals surface area (Å²) >= 11 is 0. The first kappa shape index (κ1) is 22.7.